The molecule has 0 amide bonds. The van der Waals surface area contributed by atoms with E-state index in [0.29, 0.717) is 29.7 Å². The van der Waals surface area contributed by atoms with Gasteiger partial charge in [0.2, 0.25) is 20.0 Å². The molecule has 0 atom stereocenters. The van der Waals surface area contributed by atoms with Gasteiger partial charge in [-0.2, -0.15) is 0 Å². The van der Waals surface area contributed by atoms with Crippen molar-refractivity contribution < 1.29 is 16.8 Å². The molecule has 1 aliphatic rings. The van der Waals surface area contributed by atoms with Crippen molar-refractivity contribution in [1.29, 1.82) is 0 Å². The Morgan fingerprint density at radius 1 is 1.05 bits per heavy atom. The van der Waals surface area contributed by atoms with E-state index in [1.807, 2.05) is 0 Å². The molecule has 0 unspecified atom stereocenters. The van der Waals surface area contributed by atoms with E-state index in [9.17, 15) is 16.8 Å². The average Bonchev–Trinajstić information content (AvgIpc) is 2.86. The van der Waals surface area contributed by atoms with E-state index in [1.165, 1.54) is 12.1 Å². The van der Waals surface area contributed by atoms with Crippen molar-refractivity contribution in [2.45, 2.75) is 49.7 Å². The summed E-state index contributed by atoms with van der Waals surface area (Å²) in [5, 5.41) is 4.74. The molecule has 8 heteroatoms. The average molecular weight is 332 g/mol. The quantitative estimate of drug-likeness (QED) is 0.874. The zero-order chi connectivity index (χ0) is 15.8. The molecule has 118 valence electrons. The summed E-state index contributed by atoms with van der Waals surface area (Å²) in [7, 11) is -7.24. The number of hydrogen-bond donors (Lipinski definition) is 2. The van der Waals surface area contributed by atoms with Gasteiger partial charge in [0.05, 0.1) is 15.8 Å². The first-order valence-corrected chi connectivity index (χ1v) is 9.86. The maximum Gasteiger partial charge on any atom is 0.238 e. The fourth-order valence-electron chi connectivity index (χ4n) is 2.67. The van der Waals surface area contributed by atoms with Gasteiger partial charge in [-0.25, -0.2) is 22.0 Å². The monoisotopic (exact) mass is 332 g/mol. The summed E-state index contributed by atoms with van der Waals surface area (Å²) in [5.41, 5.74) is 1.52. The van der Waals surface area contributed by atoms with Gasteiger partial charge in [0.15, 0.2) is 0 Å². The summed E-state index contributed by atoms with van der Waals surface area (Å²) >= 11 is 0. The van der Waals surface area contributed by atoms with Crippen LogP contribution in [0.5, 0.6) is 0 Å². The number of rotatable bonds is 4. The van der Waals surface area contributed by atoms with Crippen LogP contribution in [0, 0.1) is 13.8 Å². The highest BCUT2D eigenvalue weighted by molar-refractivity contribution is 7.93. The van der Waals surface area contributed by atoms with Crippen LogP contribution in [0.4, 0.5) is 5.69 Å². The van der Waals surface area contributed by atoms with Crippen molar-refractivity contribution in [2.24, 2.45) is 5.14 Å². The smallest absolute Gasteiger partial charge is 0.238 e. The van der Waals surface area contributed by atoms with Gasteiger partial charge in [-0.15, -0.1) is 0 Å². The summed E-state index contributed by atoms with van der Waals surface area (Å²) in [4.78, 5) is -0.0127. The molecule has 1 aliphatic carbocycles. The van der Waals surface area contributed by atoms with Gasteiger partial charge in [-0.3, -0.25) is 4.72 Å². The van der Waals surface area contributed by atoms with Gasteiger partial charge >= 0.3 is 0 Å². The Morgan fingerprint density at radius 2 is 1.52 bits per heavy atom. The van der Waals surface area contributed by atoms with Gasteiger partial charge in [-0.05, 0) is 49.9 Å². The van der Waals surface area contributed by atoms with Crippen LogP contribution in [0.3, 0.4) is 0 Å². The summed E-state index contributed by atoms with van der Waals surface area (Å²) < 4.78 is 50.0. The lowest BCUT2D eigenvalue weighted by Gasteiger charge is -2.17. The third kappa shape index (κ3) is 3.56. The number of sulfonamides is 2. The van der Waals surface area contributed by atoms with E-state index in [4.69, 9.17) is 5.14 Å². The van der Waals surface area contributed by atoms with E-state index in [-0.39, 0.29) is 10.1 Å². The SMILES string of the molecule is Cc1cc(S(N)(=O)=O)cc(C)c1NS(=O)(=O)C1CCCC1. The highest BCUT2D eigenvalue weighted by Crippen LogP contribution is 2.30. The Morgan fingerprint density at radius 3 is 1.95 bits per heavy atom. The molecule has 0 aromatic heterocycles. The predicted molar refractivity (Wildman–Crippen MR) is 82.1 cm³/mol. The summed E-state index contributed by atoms with van der Waals surface area (Å²) in [6.07, 6.45) is 3.19. The number of anilines is 1. The Hall–Kier alpha value is -1.12. The van der Waals surface area contributed by atoms with Crippen molar-refractivity contribution in [3.8, 4) is 0 Å². The van der Waals surface area contributed by atoms with Crippen LogP contribution in [0.1, 0.15) is 36.8 Å². The molecule has 1 saturated carbocycles. The highest BCUT2D eigenvalue weighted by atomic mass is 32.2. The van der Waals surface area contributed by atoms with Crippen LogP contribution in [-0.4, -0.2) is 22.1 Å². The van der Waals surface area contributed by atoms with E-state index < -0.39 is 20.0 Å². The Labute approximate surface area is 125 Å². The van der Waals surface area contributed by atoms with Crippen LogP contribution in [0.25, 0.3) is 0 Å². The Bertz CT molecular complexity index is 725. The maximum atomic E-state index is 12.3. The van der Waals surface area contributed by atoms with Crippen molar-refractivity contribution in [1.82, 2.24) is 0 Å². The molecular formula is C13H20N2O4S2. The summed E-state index contributed by atoms with van der Waals surface area (Å²) in [5.74, 6) is 0. The molecule has 0 spiro atoms. The molecule has 21 heavy (non-hydrogen) atoms. The standard InChI is InChI=1S/C13H20N2O4S2/c1-9-7-12(20(14,16)17)8-10(2)13(9)15-21(18,19)11-5-3-4-6-11/h7-8,11,15H,3-6H2,1-2H3,(H2,14,16,17). The number of primary sulfonamides is 1. The van der Waals surface area contributed by atoms with E-state index >= 15 is 0 Å². The van der Waals surface area contributed by atoms with Crippen LogP contribution in [0.2, 0.25) is 0 Å². The van der Waals surface area contributed by atoms with Crippen molar-refractivity contribution in [3.05, 3.63) is 23.3 Å². The van der Waals surface area contributed by atoms with Gasteiger partial charge in [0.1, 0.15) is 0 Å². The first kappa shape index (κ1) is 16.3. The molecular weight excluding hydrogens is 312 g/mol. The molecule has 6 nitrogen and oxygen atoms in total. The topological polar surface area (TPSA) is 106 Å². The van der Waals surface area contributed by atoms with E-state index in [1.54, 1.807) is 13.8 Å². The lowest BCUT2D eigenvalue weighted by Crippen LogP contribution is -2.26. The zero-order valence-corrected chi connectivity index (χ0v) is 13.7. The first-order valence-electron chi connectivity index (χ1n) is 6.77. The van der Waals surface area contributed by atoms with Crippen molar-refractivity contribution in [2.75, 3.05) is 4.72 Å². The summed E-state index contributed by atoms with van der Waals surface area (Å²) in [6, 6.07) is 2.77. The number of nitrogens with one attached hydrogen (secondary N) is 1. The molecule has 0 heterocycles. The number of nitrogens with two attached hydrogens (primary N) is 1. The molecule has 2 rings (SSSR count). The lowest BCUT2D eigenvalue weighted by molar-refractivity contribution is 0.585. The fourth-order valence-corrected chi connectivity index (χ4v) is 5.08. The number of hydrogen-bond acceptors (Lipinski definition) is 4. The Balaban J connectivity index is 2.37. The fraction of sp³-hybridized carbons (Fsp3) is 0.538. The van der Waals surface area contributed by atoms with Crippen LogP contribution in [0.15, 0.2) is 17.0 Å². The highest BCUT2D eigenvalue weighted by Gasteiger charge is 2.29. The van der Waals surface area contributed by atoms with Gasteiger partial charge in [-0.1, -0.05) is 12.8 Å². The molecule has 0 aliphatic heterocycles. The molecule has 0 radical (unpaired) electrons. The van der Waals surface area contributed by atoms with Gasteiger partial charge < -0.3 is 0 Å². The first-order chi connectivity index (χ1) is 9.61. The molecule has 1 aromatic carbocycles. The number of benzene rings is 1. The third-order valence-corrected chi connectivity index (χ3v) is 6.55. The predicted octanol–water partition coefficient (Wildman–Crippen LogP) is 1.64. The largest absolute Gasteiger partial charge is 0.283 e. The molecule has 1 fully saturated rings. The van der Waals surface area contributed by atoms with Crippen molar-refractivity contribution in [3.63, 3.8) is 0 Å². The summed E-state index contributed by atoms with van der Waals surface area (Å²) in [6.45, 7) is 3.32. The second kappa shape index (κ2) is 5.58. The number of aryl methyl sites for hydroxylation is 2. The van der Waals surface area contributed by atoms with Crippen LogP contribution >= 0.6 is 0 Å². The second-order valence-electron chi connectivity index (χ2n) is 5.53. The molecule has 1 aromatic rings. The van der Waals surface area contributed by atoms with Crippen LogP contribution < -0.4 is 9.86 Å². The van der Waals surface area contributed by atoms with E-state index in [0.717, 1.165) is 12.8 Å². The minimum atomic E-state index is -3.80. The van der Waals surface area contributed by atoms with Crippen molar-refractivity contribution >= 4 is 25.7 Å². The van der Waals surface area contributed by atoms with Gasteiger partial charge in [0.25, 0.3) is 0 Å². The minimum Gasteiger partial charge on any atom is -0.283 e. The normalized spacial score (nSPS) is 17.1. The van der Waals surface area contributed by atoms with Crippen LogP contribution in [-0.2, 0) is 20.0 Å². The second-order valence-corrected chi connectivity index (χ2v) is 9.05. The third-order valence-electron chi connectivity index (χ3n) is 3.82. The molecule has 0 saturated heterocycles. The van der Waals surface area contributed by atoms with Gasteiger partial charge in [0, 0.05) is 0 Å². The minimum absolute atomic E-state index is 0.0127. The maximum absolute atomic E-state index is 12.3. The lowest BCUT2D eigenvalue weighted by atomic mass is 10.1. The zero-order valence-electron chi connectivity index (χ0n) is 12.1. The molecule has 3 N–H and O–H groups in total. The Kier molecular flexibility index (Phi) is 4.32. The van der Waals surface area contributed by atoms with E-state index in [2.05, 4.69) is 4.72 Å². The molecule has 0 bridgehead atoms.